The van der Waals surface area contributed by atoms with Crippen LogP contribution in [0.2, 0.25) is 0 Å². The Bertz CT molecular complexity index is 2570. The summed E-state index contributed by atoms with van der Waals surface area (Å²) in [5.74, 6) is 0. The predicted molar refractivity (Wildman–Crippen MR) is 216 cm³/mol. The third kappa shape index (κ3) is 4.18. The van der Waals surface area contributed by atoms with Crippen molar-refractivity contribution in [2.45, 2.75) is 52.4 Å². The van der Waals surface area contributed by atoms with Gasteiger partial charge in [0.25, 0.3) is 0 Å². The molecule has 8 aromatic carbocycles. The summed E-state index contributed by atoms with van der Waals surface area (Å²) in [6, 6.07) is 51.2. The average Bonchev–Trinajstić information content (AvgIpc) is 3.61. The maximum absolute atomic E-state index is 2.42. The highest BCUT2D eigenvalue weighted by Gasteiger charge is 2.27. The Labute approximate surface area is 295 Å². The summed E-state index contributed by atoms with van der Waals surface area (Å²) in [5.41, 5.74) is 18.9. The summed E-state index contributed by atoms with van der Waals surface area (Å²) in [6.07, 6.45) is 0. The highest BCUT2D eigenvalue weighted by atomic mass is 14.3. The van der Waals surface area contributed by atoms with Gasteiger partial charge in [0.2, 0.25) is 0 Å². The zero-order valence-electron chi connectivity index (χ0n) is 29.7. The first-order valence-electron chi connectivity index (χ1n) is 18.0. The van der Waals surface area contributed by atoms with Crippen LogP contribution >= 0.6 is 0 Å². The fourth-order valence-corrected chi connectivity index (χ4v) is 8.73. The van der Waals surface area contributed by atoms with Gasteiger partial charge in [0, 0.05) is 0 Å². The molecule has 10 rings (SSSR count). The van der Waals surface area contributed by atoms with Gasteiger partial charge in [-0.1, -0.05) is 151 Å². The summed E-state index contributed by atoms with van der Waals surface area (Å²) >= 11 is 0. The Kier molecular flexibility index (Phi) is 5.92. The highest BCUT2D eigenvalue weighted by molar-refractivity contribution is 6.20. The van der Waals surface area contributed by atoms with Crippen molar-refractivity contribution in [1.29, 1.82) is 0 Å². The molecule has 8 aromatic rings. The van der Waals surface area contributed by atoms with Crippen molar-refractivity contribution in [2.24, 2.45) is 0 Å². The first-order valence-corrected chi connectivity index (χ1v) is 18.0. The van der Waals surface area contributed by atoms with Crippen LogP contribution in [0, 0.1) is 0 Å². The number of hydrogen-bond acceptors (Lipinski definition) is 0. The molecule has 2 aliphatic carbocycles. The van der Waals surface area contributed by atoms with Crippen LogP contribution in [-0.2, 0) is 10.8 Å². The molecular formula is C50H40. The summed E-state index contributed by atoms with van der Waals surface area (Å²) in [7, 11) is 0. The van der Waals surface area contributed by atoms with Gasteiger partial charge in [0.15, 0.2) is 0 Å². The minimum Gasteiger partial charge on any atom is -0.0610 e. The lowest BCUT2D eigenvalue weighted by atomic mass is 9.85. The smallest absolute Gasteiger partial charge is 0.00201 e. The molecule has 0 aliphatic heterocycles. The minimum atomic E-state index is 0.112. The Balaban J connectivity index is 1.09. The molecule has 0 fully saturated rings. The minimum absolute atomic E-state index is 0.112. The third-order valence-corrected chi connectivity index (χ3v) is 11.5. The zero-order chi connectivity index (χ0) is 34.1. The van der Waals surface area contributed by atoms with Crippen LogP contribution in [-0.4, -0.2) is 0 Å². The van der Waals surface area contributed by atoms with E-state index in [-0.39, 0.29) is 10.8 Å². The quantitative estimate of drug-likeness (QED) is 0.176. The van der Waals surface area contributed by atoms with Gasteiger partial charge in [-0.3, -0.25) is 0 Å². The van der Waals surface area contributed by atoms with Gasteiger partial charge in [-0.05, 0) is 145 Å². The lowest BCUT2D eigenvalue weighted by molar-refractivity contribution is 0.590. The molecule has 240 valence electrons. The number of benzene rings is 8. The van der Waals surface area contributed by atoms with Crippen LogP contribution in [0.5, 0.6) is 0 Å². The molecule has 0 bridgehead atoms. The van der Waals surface area contributed by atoms with Gasteiger partial charge in [-0.25, -0.2) is 0 Å². The van der Waals surface area contributed by atoms with Crippen LogP contribution in [0.1, 0.15) is 52.7 Å². The van der Waals surface area contributed by atoms with Crippen LogP contribution in [0.15, 0.2) is 133 Å². The molecule has 0 nitrogen and oxygen atoms in total. The maximum Gasteiger partial charge on any atom is -0.00201 e. The fraction of sp³-hybridized carbons (Fsp3) is 0.160. The monoisotopic (exact) mass is 640 g/mol. The van der Waals surface area contributed by atoms with Crippen LogP contribution < -0.4 is 0 Å². The number of rotatable bonds is 2. The van der Waals surface area contributed by atoms with Crippen molar-refractivity contribution in [3.63, 3.8) is 0 Å². The molecule has 0 spiro atoms. The summed E-state index contributed by atoms with van der Waals surface area (Å²) in [5, 5.41) is 7.93. The molecule has 0 saturated heterocycles. The van der Waals surface area contributed by atoms with Gasteiger partial charge >= 0.3 is 0 Å². The van der Waals surface area contributed by atoms with E-state index in [0.29, 0.717) is 0 Å². The average molecular weight is 641 g/mol. The molecule has 0 aromatic heterocycles. The Morgan fingerprint density at radius 3 is 1.14 bits per heavy atom. The molecule has 50 heavy (non-hydrogen) atoms. The van der Waals surface area contributed by atoms with E-state index in [4.69, 9.17) is 0 Å². The first-order chi connectivity index (χ1) is 24.0. The molecule has 0 atom stereocenters. The molecule has 0 radical (unpaired) electrons. The largest absolute Gasteiger partial charge is 0.0610 e. The van der Waals surface area contributed by atoms with Gasteiger partial charge in [0.1, 0.15) is 0 Å². The highest BCUT2D eigenvalue weighted by Crippen LogP contribution is 2.52. The van der Waals surface area contributed by atoms with Crippen molar-refractivity contribution in [1.82, 2.24) is 0 Å². The fourth-order valence-electron chi connectivity index (χ4n) is 8.73. The van der Waals surface area contributed by atoms with Crippen LogP contribution in [0.3, 0.4) is 0 Å². The van der Waals surface area contributed by atoms with E-state index >= 15 is 0 Å². The zero-order valence-corrected chi connectivity index (χ0v) is 29.7. The van der Waals surface area contributed by atoms with Gasteiger partial charge in [0.05, 0.1) is 0 Å². The molecular weight excluding hydrogens is 601 g/mol. The topological polar surface area (TPSA) is 0 Å². The molecule has 0 heterocycles. The SMILES string of the molecule is CC(C)(C)c1ccc2c(c1)-c1cccc3c(-c4ccc5ccc(-c6ccc7c8c(cccc68)-c6cc(C(C)(C)C)ccc6-7)cc5c4)ccc-2c13. The van der Waals surface area contributed by atoms with Gasteiger partial charge < -0.3 is 0 Å². The summed E-state index contributed by atoms with van der Waals surface area (Å²) in [6.45, 7) is 13.8. The molecule has 2 aliphatic rings. The summed E-state index contributed by atoms with van der Waals surface area (Å²) in [4.78, 5) is 0. The molecule has 0 unspecified atom stereocenters. The van der Waals surface area contributed by atoms with E-state index in [1.54, 1.807) is 0 Å². The predicted octanol–water partition coefficient (Wildman–Crippen LogP) is 14.4. The van der Waals surface area contributed by atoms with E-state index in [9.17, 15) is 0 Å². The van der Waals surface area contributed by atoms with Gasteiger partial charge in [-0.2, -0.15) is 0 Å². The molecule has 0 saturated carbocycles. The van der Waals surface area contributed by atoms with Crippen molar-refractivity contribution >= 4 is 32.3 Å². The van der Waals surface area contributed by atoms with Gasteiger partial charge in [-0.15, -0.1) is 0 Å². The first kappa shape index (κ1) is 29.5. The van der Waals surface area contributed by atoms with E-state index < -0.39 is 0 Å². The van der Waals surface area contributed by atoms with Crippen LogP contribution in [0.25, 0.3) is 99.1 Å². The Morgan fingerprint density at radius 1 is 0.300 bits per heavy atom. The second-order valence-corrected chi connectivity index (χ2v) is 16.6. The number of hydrogen-bond donors (Lipinski definition) is 0. The molecule has 0 amide bonds. The van der Waals surface area contributed by atoms with E-state index in [2.05, 4.69) is 175 Å². The maximum atomic E-state index is 2.42. The van der Waals surface area contributed by atoms with E-state index in [1.165, 1.54) is 110 Å². The third-order valence-electron chi connectivity index (χ3n) is 11.5. The molecule has 0 N–H and O–H groups in total. The van der Waals surface area contributed by atoms with Crippen molar-refractivity contribution in [3.05, 3.63) is 145 Å². The standard InChI is InChI=1S/C50H40/c1-49(2,3)33-17-19-37-43-23-21-35(39-9-7-11-41(47(39)43)45(37)27-33)30-15-13-29-14-16-31(26-32(29)25-30)36-22-24-44-38-20-18-34(50(4,5)6)28-46(38)42-12-8-10-40(36)48(42)44/h7-28H,1-6H3. The van der Waals surface area contributed by atoms with Crippen molar-refractivity contribution in [2.75, 3.05) is 0 Å². The lowest BCUT2D eigenvalue weighted by Crippen LogP contribution is -2.10. The second kappa shape index (κ2) is 10.1. The van der Waals surface area contributed by atoms with Crippen molar-refractivity contribution in [3.8, 4) is 66.8 Å². The second-order valence-electron chi connectivity index (χ2n) is 16.6. The Morgan fingerprint density at radius 2 is 0.700 bits per heavy atom. The molecule has 0 heteroatoms. The lowest BCUT2D eigenvalue weighted by Gasteiger charge is -2.20. The summed E-state index contributed by atoms with van der Waals surface area (Å²) < 4.78 is 0. The Hall–Kier alpha value is -5.46. The van der Waals surface area contributed by atoms with Crippen LogP contribution in [0.4, 0.5) is 0 Å². The van der Waals surface area contributed by atoms with E-state index in [1.807, 2.05) is 0 Å². The van der Waals surface area contributed by atoms with Crippen molar-refractivity contribution < 1.29 is 0 Å². The van der Waals surface area contributed by atoms with E-state index in [0.717, 1.165) is 0 Å². The number of fused-ring (bicyclic) bond motifs is 7. The normalized spacial score (nSPS) is 13.0.